The van der Waals surface area contributed by atoms with E-state index in [2.05, 4.69) is 22.8 Å². The molecule has 3 aromatic carbocycles. The van der Waals surface area contributed by atoms with Gasteiger partial charge in [-0.2, -0.15) is 0 Å². The van der Waals surface area contributed by atoms with Gasteiger partial charge in [-0.3, -0.25) is 14.4 Å². The van der Waals surface area contributed by atoms with Crippen LogP contribution in [0.15, 0.2) is 78.9 Å². The van der Waals surface area contributed by atoms with Gasteiger partial charge in [-0.05, 0) is 54.7 Å². The maximum absolute atomic E-state index is 13.1. The Kier molecular flexibility index (Phi) is 8.44. The largest absolute Gasteiger partial charge is 0.349 e. The monoisotopic (exact) mass is 527 g/mol. The highest BCUT2D eigenvalue weighted by Crippen LogP contribution is 2.38. The number of carbonyl (C=O) groups is 3. The number of hydrogen-bond acceptors (Lipinski definition) is 4. The number of nitrogens with one attached hydrogen (secondary N) is 2. The topological polar surface area (TPSA) is 78.5 Å². The molecule has 1 heterocycles. The van der Waals surface area contributed by atoms with Crippen molar-refractivity contribution in [1.82, 2.24) is 10.2 Å². The number of anilines is 1. The molecule has 6 nitrogen and oxygen atoms in total. The molecule has 0 bridgehead atoms. The molecule has 1 aliphatic heterocycles. The molecule has 7 heteroatoms. The Morgan fingerprint density at radius 3 is 2.32 bits per heavy atom. The third-order valence-electron chi connectivity index (χ3n) is 7.27. The zero-order chi connectivity index (χ0) is 26.3. The molecule has 1 atom stereocenters. The van der Waals surface area contributed by atoms with E-state index < -0.39 is 0 Å². The second-order valence-electron chi connectivity index (χ2n) is 9.92. The standard InChI is InChI=1S/C31H33N3O3S/c35-28-21-38-31(34(28)20-19-22-9-3-1-4-10-22)24-17-15-23(16-18-24)29(36)33-27-14-8-7-13-26(27)30(37)32-25-11-5-2-6-12-25/h1,3-4,7-10,13-18,25,31H,2,5-6,11-12,19-21H2,(H,32,37)(H,33,36)/t31-/m0/s1. The summed E-state index contributed by atoms with van der Waals surface area (Å²) in [5, 5.41) is 5.99. The summed E-state index contributed by atoms with van der Waals surface area (Å²) in [7, 11) is 0. The van der Waals surface area contributed by atoms with Gasteiger partial charge in [-0.1, -0.05) is 73.9 Å². The Morgan fingerprint density at radius 1 is 0.842 bits per heavy atom. The van der Waals surface area contributed by atoms with Gasteiger partial charge in [0.25, 0.3) is 11.8 Å². The van der Waals surface area contributed by atoms with Crippen molar-refractivity contribution in [3.8, 4) is 0 Å². The van der Waals surface area contributed by atoms with Crippen molar-refractivity contribution >= 4 is 35.2 Å². The number of nitrogens with zero attached hydrogens (tertiary/aromatic N) is 1. The lowest BCUT2D eigenvalue weighted by atomic mass is 9.95. The minimum Gasteiger partial charge on any atom is -0.349 e. The summed E-state index contributed by atoms with van der Waals surface area (Å²) >= 11 is 1.61. The van der Waals surface area contributed by atoms with E-state index in [0.29, 0.717) is 29.1 Å². The van der Waals surface area contributed by atoms with Crippen LogP contribution >= 0.6 is 11.8 Å². The second-order valence-corrected chi connectivity index (χ2v) is 11.0. The first kappa shape index (κ1) is 26.0. The van der Waals surface area contributed by atoms with Crippen LogP contribution in [0, 0.1) is 0 Å². The lowest BCUT2D eigenvalue weighted by molar-refractivity contribution is -0.128. The first-order valence-corrected chi connectivity index (χ1v) is 14.4. The van der Waals surface area contributed by atoms with Crippen LogP contribution < -0.4 is 10.6 Å². The predicted molar refractivity (Wildman–Crippen MR) is 152 cm³/mol. The molecule has 2 N–H and O–H groups in total. The van der Waals surface area contributed by atoms with Crippen molar-refractivity contribution in [1.29, 1.82) is 0 Å². The molecule has 1 saturated heterocycles. The Morgan fingerprint density at radius 2 is 1.55 bits per heavy atom. The normalized spacial score (nSPS) is 17.8. The average Bonchev–Trinajstić information content (AvgIpc) is 3.33. The van der Waals surface area contributed by atoms with E-state index in [1.165, 1.54) is 12.0 Å². The van der Waals surface area contributed by atoms with Gasteiger partial charge >= 0.3 is 0 Å². The molecule has 5 rings (SSSR count). The van der Waals surface area contributed by atoms with E-state index >= 15 is 0 Å². The molecule has 3 aromatic rings. The van der Waals surface area contributed by atoms with Crippen LogP contribution in [0.5, 0.6) is 0 Å². The molecule has 196 valence electrons. The smallest absolute Gasteiger partial charge is 0.255 e. The van der Waals surface area contributed by atoms with Crippen LogP contribution in [-0.2, 0) is 11.2 Å². The molecule has 2 fully saturated rings. The molecule has 0 unspecified atom stereocenters. The van der Waals surface area contributed by atoms with Crippen molar-refractivity contribution in [2.24, 2.45) is 0 Å². The maximum atomic E-state index is 13.1. The second kappa shape index (κ2) is 12.3. The van der Waals surface area contributed by atoms with Gasteiger partial charge in [-0.15, -0.1) is 11.8 Å². The molecule has 0 spiro atoms. The number of benzene rings is 3. The fourth-order valence-corrected chi connectivity index (χ4v) is 6.38. The number of thioether (sulfide) groups is 1. The molecule has 1 aliphatic carbocycles. The van der Waals surface area contributed by atoms with E-state index in [1.807, 2.05) is 47.4 Å². The van der Waals surface area contributed by atoms with Gasteiger partial charge in [0.1, 0.15) is 5.37 Å². The van der Waals surface area contributed by atoms with Gasteiger partial charge in [0.15, 0.2) is 0 Å². The van der Waals surface area contributed by atoms with Crippen LogP contribution in [0.4, 0.5) is 5.69 Å². The highest BCUT2D eigenvalue weighted by Gasteiger charge is 2.32. The first-order chi connectivity index (χ1) is 18.6. The fraction of sp³-hybridized carbons (Fsp3) is 0.323. The van der Waals surface area contributed by atoms with Crippen LogP contribution in [0.1, 0.15) is 69.3 Å². The summed E-state index contributed by atoms with van der Waals surface area (Å²) < 4.78 is 0. The Balaban J connectivity index is 1.23. The summed E-state index contributed by atoms with van der Waals surface area (Å²) in [6.07, 6.45) is 6.30. The van der Waals surface area contributed by atoms with Crippen molar-refractivity contribution in [3.05, 3.63) is 101 Å². The van der Waals surface area contributed by atoms with Crippen LogP contribution in [0.2, 0.25) is 0 Å². The van der Waals surface area contributed by atoms with Gasteiger partial charge < -0.3 is 15.5 Å². The van der Waals surface area contributed by atoms with E-state index in [4.69, 9.17) is 0 Å². The van der Waals surface area contributed by atoms with Crippen LogP contribution in [0.25, 0.3) is 0 Å². The summed E-state index contributed by atoms with van der Waals surface area (Å²) in [6, 6.07) is 24.9. The van der Waals surface area contributed by atoms with E-state index in [0.717, 1.165) is 37.7 Å². The Bertz CT molecular complexity index is 1270. The summed E-state index contributed by atoms with van der Waals surface area (Å²) in [5.41, 5.74) is 3.67. The van der Waals surface area contributed by atoms with Crippen molar-refractivity contribution in [2.75, 3.05) is 17.6 Å². The Hall–Kier alpha value is -3.58. The molecule has 1 saturated carbocycles. The van der Waals surface area contributed by atoms with Gasteiger partial charge in [0, 0.05) is 18.2 Å². The number of amides is 3. The molecule has 38 heavy (non-hydrogen) atoms. The van der Waals surface area contributed by atoms with E-state index in [9.17, 15) is 14.4 Å². The van der Waals surface area contributed by atoms with E-state index in [-0.39, 0.29) is 29.1 Å². The molecule has 0 radical (unpaired) electrons. The van der Waals surface area contributed by atoms with Crippen LogP contribution in [0.3, 0.4) is 0 Å². The summed E-state index contributed by atoms with van der Waals surface area (Å²) in [5.74, 6) is 0.176. The molecular weight excluding hydrogens is 494 g/mol. The number of para-hydroxylation sites is 1. The quantitative estimate of drug-likeness (QED) is 0.387. The van der Waals surface area contributed by atoms with Crippen molar-refractivity contribution < 1.29 is 14.4 Å². The van der Waals surface area contributed by atoms with Gasteiger partial charge in [-0.25, -0.2) is 0 Å². The lowest BCUT2D eigenvalue weighted by Gasteiger charge is -2.24. The zero-order valence-corrected chi connectivity index (χ0v) is 22.2. The number of hydrogen-bond donors (Lipinski definition) is 2. The van der Waals surface area contributed by atoms with E-state index in [1.54, 1.807) is 36.0 Å². The molecule has 3 amide bonds. The maximum Gasteiger partial charge on any atom is 0.255 e. The highest BCUT2D eigenvalue weighted by molar-refractivity contribution is 8.00. The molecular formula is C31H33N3O3S. The highest BCUT2D eigenvalue weighted by atomic mass is 32.2. The zero-order valence-electron chi connectivity index (χ0n) is 21.4. The SMILES string of the molecule is O=C(Nc1ccccc1C(=O)NC1CCCCC1)c1ccc([C@@H]2SCC(=O)N2CCc2ccccc2)cc1. The molecule has 2 aliphatic rings. The van der Waals surface area contributed by atoms with Gasteiger partial charge in [0.05, 0.1) is 17.0 Å². The van der Waals surface area contributed by atoms with Crippen molar-refractivity contribution in [2.45, 2.75) is 49.9 Å². The number of carbonyl (C=O) groups excluding carboxylic acids is 3. The van der Waals surface area contributed by atoms with Crippen molar-refractivity contribution in [3.63, 3.8) is 0 Å². The summed E-state index contributed by atoms with van der Waals surface area (Å²) in [4.78, 5) is 40.5. The average molecular weight is 528 g/mol. The first-order valence-electron chi connectivity index (χ1n) is 13.3. The minimum atomic E-state index is -0.273. The van der Waals surface area contributed by atoms with Gasteiger partial charge in [0.2, 0.25) is 5.91 Å². The lowest BCUT2D eigenvalue weighted by Crippen LogP contribution is -2.36. The Labute approximate surface area is 228 Å². The minimum absolute atomic E-state index is 0.0625. The van der Waals surface area contributed by atoms with Crippen LogP contribution in [-0.4, -0.2) is 41.0 Å². The fourth-order valence-electron chi connectivity index (χ4n) is 5.16. The third-order valence-corrected chi connectivity index (χ3v) is 8.53. The molecule has 0 aromatic heterocycles. The predicted octanol–water partition coefficient (Wildman–Crippen LogP) is 5.82. The number of rotatable bonds is 8. The summed E-state index contributed by atoms with van der Waals surface area (Å²) in [6.45, 7) is 0.655. The third kappa shape index (κ3) is 6.27.